The Morgan fingerprint density at radius 2 is 2.11 bits per heavy atom. The lowest BCUT2D eigenvalue weighted by atomic mass is 10.1. The number of fused-ring (bicyclic) bond motifs is 1. The van der Waals surface area contributed by atoms with E-state index in [1.54, 1.807) is 18.3 Å². The highest BCUT2D eigenvalue weighted by atomic mass is 16.3. The molecule has 0 amide bonds. The number of hydrogen-bond donors (Lipinski definition) is 3. The molecule has 2 aromatic heterocycles. The minimum absolute atomic E-state index is 0.135. The molecule has 18 heavy (non-hydrogen) atoms. The highest BCUT2D eigenvalue weighted by Crippen LogP contribution is 2.33. The average Bonchev–Trinajstić information content (AvgIpc) is 2.69. The summed E-state index contributed by atoms with van der Waals surface area (Å²) >= 11 is 0. The molecule has 2 heterocycles. The summed E-state index contributed by atoms with van der Waals surface area (Å²) < 4.78 is 0. The van der Waals surface area contributed by atoms with Gasteiger partial charge in [0.2, 0.25) is 5.95 Å². The highest BCUT2D eigenvalue weighted by Gasteiger charge is 2.13. The second kappa shape index (κ2) is 3.69. The first kappa shape index (κ1) is 10.5. The van der Waals surface area contributed by atoms with Crippen LogP contribution in [0.5, 0.6) is 5.75 Å². The molecular weight excluding hydrogens is 230 g/mol. The number of nitrogens with one attached hydrogen (secondary N) is 1. The van der Waals surface area contributed by atoms with Gasteiger partial charge in [0.15, 0.2) is 0 Å². The molecule has 4 N–H and O–H groups in total. The minimum atomic E-state index is 0.135. The first-order chi connectivity index (χ1) is 8.66. The summed E-state index contributed by atoms with van der Waals surface area (Å²) in [5.41, 5.74) is 8.54. The molecule has 0 saturated heterocycles. The smallest absolute Gasteiger partial charge is 0.240 e. The highest BCUT2D eigenvalue weighted by molar-refractivity contribution is 5.94. The van der Waals surface area contributed by atoms with Crippen LogP contribution in [0.1, 0.15) is 5.56 Å². The Kier molecular flexibility index (Phi) is 2.16. The van der Waals surface area contributed by atoms with E-state index in [1.807, 2.05) is 13.0 Å². The Morgan fingerprint density at radius 1 is 1.28 bits per heavy atom. The van der Waals surface area contributed by atoms with Crippen LogP contribution in [0.2, 0.25) is 0 Å². The molecule has 6 heteroatoms. The Bertz CT molecular complexity index is 717. The van der Waals surface area contributed by atoms with Crippen molar-refractivity contribution in [1.82, 2.24) is 20.2 Å². The zero-order valence-electron chi connectivity index (χ0n) is 9.68. The molecular formula is C12H11N5O. The molecule has 1 aromatic carbocycles. The van der Waals surface area contributed by atoms with Crippen LogP contribution in [0.3, 0.4) is 0 Å². The molecule has 0 spiro atoms. The van der Waals surface area contributed by atoms with Crippen molar-refractivity contribution in [3.05, 3.63) is 30.0 Å². The summed E-state index contributed by atoms with van der Waals surface area (Å²) in [7, 11) is 0. The van der Waals surface area contributed by atoms with Gasteiger partial charge in [0.1, 0.15) is 11.4 Å². The van der Waals surface area contributed by atoms with Gasteiger partial charge < -0.3 is 15.8 Å². The van der Waals surface area contributed by atoms with E-state index < -0.39 is 0 Å². The topological polar surface area (TPSA) is 101 Å². The lowest BCUT2D eigenvalue weighted by Crippen LogP contribution is -1.98. The van der Waals surface area contributed by atoms with E-state index in [0.29, 0.717) is 5.69 Å². The van der Waals surface area contributed by atoms with Gasteiger partial charge in [-0.1, -0.05) is 6.07 Å². The number of nitrogens with two attached hydrogens (primary N) is 1. The molecule has 0 unspecified atom stereocenters. The lowest BCUT2D eigenvalue weighted by Gasteiger charge is -1.98. The van der Waals surface area contributed by atoms with E-state index in [1.165, 1.54) is 0 Å². The van der Waals surface area contributed by atoms with Crippen molar-refractivity contribution >= 4 is 16.9 Å². The Morgan fingerprint density at radius 3 is 2.78 bits per heavy atom. The Balaban J connectivity index is 2.27. The molecule has 0 fully saturated rings. The second-order valence-corrected chi connectivity index (χ2v) is 4.03. The summed E-state index contributed by atoms with van der Waals surface area (Å²) in [4.78, 5) is 7.11. The van der Waals surface area contributed by atoms with E-state index in [4.69, 9.17) is 5.73 Å². The van der Waals surface area contributed by atoms with Gasteiger partial charge in [0, 0.05) is 10.9 Å². The molecule has 3 rings (SSSR count). The maximum absolute atomic E-state index is 9.86. The largest absolute Gasteiger partial charge is 0.507 e. The van der Waals surface area contributed by atoms with Crippen LogP contribution in [0.25, 0.3) is 22.3 Å². The number of aromatic nitrogens is 4. The molecule has 0 atom stereocenters. The standard InChI is InChI=1S/C12H11N5O/c1-6-10-7(3-2-4-9(10)18)15-11(6)8-5-14-12(13)17-16-8/h2-5,15,18H,1H3,(H2,13,14,17). The van der Waals surface area contributed by atoms with E-state index in [9.17, 15) is 5.11 Å². The normalized spacial score (nSPS) is 10.9. The summed E-state index contributed by atoms with van der Waals surface area (Å²) in [6.07, 6.45) is 1.55. The molecule has 0 aliphatic heterocycles. The van der Waals surface area contributed by atoms with Gasteiger partial charge in [-0.15, -0.1) is 10.2 Å². The SMILES string of the molecule is Cc1c(-c2cnc(N)nn2)[nH]c2cccc(O)c12. The van der Waals surface area contributed by atoms with E-state index in [2.05, 4.69) is 20.2 Å². The number of rotatable bonds is 1. The number of benzene rings is 1. The first-order valence-electron chi connectivity index (χ1n) is 5.42. The van der Waals surface area contributed by atoms with E-state index >= 15 is 0 Å². The summed E-state index contributed by atoms with van der Waals surface area (Å²) in [5.74, 6) is 0.374. The molecule has 0 aliphatic carbocycles. The van der Waals surface area contributed by atoms with Crippen LogP contribution >= 0.6 is 0 Å². The van der Waals surface area contributed by atoms with Crippen molar-refractivity contribution in [1.29, 1.82) is 0 Å². The fourth-order valence-electron chi connectivity index (χ4n) is 2.05. The van der Waals surface area contributed by atoms with Crippen molar-refractivity contribution in [2.24, 2.45) is 0 Å². The predicted octanol–water partition coefficient (Wildman–Crippen LogP) is 1.62. The number of nitrogens with zero attached hydrogens (tertiary/aromatic N) is 3. The number of H-pyrrole nitrogens is 1. The first-order valence-corrected chi connectivity index (χ1v) is 5.42. The summed E-state index contributed by atoms with van der Waals surface area (Å²) in [5, 5.41) is 18.4. The third-order valence-electron chi connectivity index (χ3n) is 2.89. The van der Waals surface area contributed by atoms with Gasteiger partial charge >= 0.3 is 0 Å². The zero-order chi connectivity index (χ0) is 12.7. The number of phenolic OH excluding ortho intramolecular Hbond substituents is 1. The maximum atomic E-state index is 9.86. The van der Waals surface area contributed by atoms with Crippen LogP contribution in [0.4, 0.5) is 5.95 Å². The minimum Gasteiger partial charge on any atom is -0.507 e. The number of aromatic amines is 1. The van der Waals surface area contributed by atoms with Gasteiger partial charge in [-0.2, -0.15) is 0 Å². The van der Waals surface area contributed by atoms with Crippen molar-refractivity contribution < 1.29 is 5.11 Å². The van der Waals surface area contributed by atoms with Crippen LogP contribution in [0.15, 0.2) is 24.4 Å². The lowest BCUT2D eigenvalue weighted by molar-refractivity contribution is 0.481. The fraction of sp³-hybridized carbons (Fsp3) is 0.0833. The number of aryl methyl sites for hydroxylation is 1. The molecule has 0 bridgehead atoms. The Hall–Kier alpha value is -2.63. The monoisotopic (exact) mass is 241 g/mol. The van der Waals surface area contributed by atoms with E-state index in [0.717, 1.165) is 22.2 Å². The van der Waals surface area contributed by atoms with Gasteiger partial charge in [-0.05, 0) is 24.6 Å². The fourth-order valence-corrected chi connectivity index (χ4v) is 2.05. The van der Waals surface area contributed by atoms with Gasteiger partial charge in [-0.3, -0.25) is 0 Å². The van der Waals surface area contributed by atoms with Crippen molar-refractivity contribution in [3.8, 4) is 17.1 Å². The average molecular weight is 241 g/mol. The molecule has 0 radical (unpaired) electrons. The van der Waals surface area contributed by atoms with Crippen LogP contribution in [-0.2, 0) is 0 Å². The molecule has 6 nitrogen and oxygen atoms in total. The number of aromatic hydroxyl groups is 1. The second-order valence-electron chi connectivity index (χ2n) is 4.03. The summed E-state index contributed by atoms with van der Waals surface area (Å²) in [6, 6.07) is 5.33. The molecule has 90 valence electrons. The van der Waals surface area contributed by atoms with Gasteiger partial charge in [0.25, 0.3) is 0 Å². The van der Waals surface area contributed by atoms with Gasteiger partial charge in [0.05, 0.1) is 11.9 Å². The molecule has 0 aliphatic rings. The predicted molar refractivity (Wildman–Crippen MR) is 67.9 cm³/mol. The van der Waals surface area contributed by atoms with Crippen LogP contribution in [-0.4, -0.2) is 25.3 Å². The van der Waals surface area contributed by atoms with Gasteiger partial charge in [-0.25, -0.2) is 4.98 Å². The van der Waals surface area contributed by atoms with Crippen LogP contribution in [0, 0.1) is 6.92 Å². The van der Waals surface area contributed by atoms with Crippen molar-refractivity contribution in [3.63, 3.8) is 0 Å². The zero-order valence-corrected chi connectivity index (χ0v) is 9.68. The summed E-state index contributed by atoms with van der Waals surface area (Å²) in [6.45, 7) is 1.91. The van der Waals surface area contributed by atoms with Crippen molar-refractivity contribution in [2.45, 2.75) is 6.92 Å². The number of nitrogen functional groups attached to an aromatic ring is 1. The van der Waals surface area contributed by atoms with Crippen molar-refractivity contribution in [2.75, 3.05) is 5.73 Å². The third-order valence-corrected chi connectivity index (χ3v) is 2.89. The Labute approximate surface area is 103 Å². The molecule has 3 aromatic rings. The third kappa shape index (κ3) is 1.46. The quantitative estimate of drug-likeness (QED) is 0.601. The number of hydrogen-bond acceptors (Lipinski definition) is 5. The number of anilines is 1. The van der Waals surface area contributed by atoms with E-state index in [-0.39, 0.29) is 11.7 Å². The maximum Gasteiger partial charge on any atom is 0.240 e. The number of phenols is 1. The molecule has 0 saturated carbocycles. The van der Waals surface area contributed by atoms with Crippen LogP contribution < -0.4 is 5.73 Å².